The van der Waals surface area contributed by atoms with Crippen LogP contribution in [-0.4, -0.2) is 23.7 Å². The summed E-state index contributed by atoms with van der Waals surface area (Å²) in [6.45, 7) is 0.540. The van der Waals surface area contributed by atoms with Gasteiger partial charge in [0.05, 0.1) is 16.7 Å². The molecule has 0 spiro atoms. The topological polar surface area (TPSA) is 49.3 Å². The molecule has 1 amide bonds. The maximum absolute atomic E-state index is 13.2. The minimum atomic E-state index is -0.588. The van der Waals surface area contributed by atoms with Crippen LogP contribution in [0.2, 0.25) is 5.02 Å². The average molecular weight is 286 g/mol. The summed E-state index contributed by atoms with van der Waals surface area (Å²) in [6.07, 6.45) is 3.16. The van der Waals surface area contributed by atoms with Crippen molar-refractivity contribution in [2.45, 2.75) is 31.8 Å². The lowest BCUT2D eigenvalue weighted by molar-refractivity contribution is 0.0910. The molecule has 0 unspecified atom stereocenters. The Labute approximate surface area is 116 Å². The zero-order valence-corrected chi connectivity index (χ0v) is 11.3. The minimum Gasteiger partial charge on any atom is -0.393 e. The molecule has 0 bridgehead atoms. The Bertz CT molecular complexity index is 459. The normalized spacial score (nSPS) is 23.1. The fraction of sp³-hybridized carbons (Fsp3) is 0.500. The Balaban J connectivity index is 1.89. The Kier molecular flexibility index (Phi) is 4.77. The molecule has 19 heavy (non-hydrogen) atoms. The molecule has 2 rings (SSSR count). The lowest BCUT2D eigenvalue weighted by atomic mass is 9.87. The molecule has 0 aromatic heterocycles. The number of carbonyl (C=O) groups excluding carboxylic acids is 1. The van der Waals surface area contributed by atoms with Crippen molar-refractivity contribution >= 4 is 17.5 Å². The minimum absolute atomic E-state index is 0.140. The first-order valence-corrected chi connectivity index (χ1v) is 6.86. The lowest BCUT2D eigenvalue weighted by Gasteiger charge is -2.25. The molecule has 0 saturated heterocycles. The summed E-state index contributed by atoms with van der Waals surface area (Å²) in [5.41, 5.74) is 0.164. The second-order valence-corrected chi connectivity index (χ2v) is 5.36. The molecule has 0 aliphatic heterocycles. The number of benzene rings is 1. The number of amides is 1. The largest absolute Gasteiger partial charge is 0.393 e. The molecule has 0 radical (unpaired) electrons. The predicted octanol–water partition coefficient (Wildman–Crippen LogP) is 2.76. The first-order chi connectivity index (χ1) is 9.08. The van der Waals surface area contributed by atoms with Gasteiger partial charge in [-0.25, -0.2) is 4.39 Å². The first kappa shape index (κ1) is 14.3. The number of rotatable bonds is 3. The zero-order chi connectivity index (χ0) is 13.8. The van der Waals surface area contributed by atoms with Crippen molar-refractivity contribution in [3.05, 3.63) is 34.6 Å². The molecule has 0 heterocycles. The van der Waals surface area contributed by atoms with Crippen LogP contribution < -0.4 is 5.32 Å². The van der Waals surface area contributed by atoms with Crippen molar-refractivity contribution in [3.63, 3.8) is 0 Å². The molecular formula is C14H17ClFNO2. The highest BCUT2D eigenvalue weighted by molar-refractivity contribution is 6.34. The van der Waals surface area contributed by atoms with E-state index in [1.807, 2.05) is 0 Å². The van der Waals surface area contributed by atoms with Crippen LogP contribution >= 0.6 is 11.6 Å². The summed E-state index contributed by atoms with van der Waals surface area (Å²) in [5.74, 6) is -0.564. The Hall–Kier alpha value is -1.13. The molecule has 2 N–H and O–H groups in total. The predicted molar refractivity (Wildman–Crippen MR) is 71.7 cm³/mol. The number of nitrogens with one attached hydrogen (secondary N) is 1. The van der Waals surface area contributed by atoms with Crippen molar-refractivity contribution in [2.75, 3.05) is 6.54 Å². The van der Waals surface area contributed by atoms with Crippen molar-refractivity contribution in [1.82, 2.24) is 5.32 Å². The maximum atomic E-state index is 13.2. The fourth-order valence-electron chi connectivity index (χ4n) is 2.36. The van der Waals surface area contributed by atoms with Gasteiger partial charge in [0.1, 0.15) is 5.82 Å². The van der Waals surface area contributed by atoms with Crippen molar-refractivity contribution in [2.24, 2.45) is 5.92 Å². The van der Waals surface area contributed by atoms with Gasteiger partial charge in [-0.15, -0.1) is 0 Å². The maximum Gasteiger partial charge on any atom is 0.252 e. The van der Waals surface area contributed by atoms with Gasteiger partial charge < -0.3 is 10.4 Å². The van der Waals surface area contributed by atoms with Gasteiger partial charge in [0.15, 0.2) is 0 Å². The van der Waals surface area contributed by atoms with Gasteiger partial charge in [-0.2, -0.15) is 0 Å². The molecular weight excluding hydrogens is 269 g/mol. The first-order valence-electron chi connectivity index (χ1n) is 6.48. The van der Waals surface area contributed by atoms with Crippen LogP contribution in [0.5, 0.6) is 0 Å². The van der Waals surface area contributed by atoms with Gasteiger partial charge >= 0.3 is 0 Å². The SMILES string of the molecule is O=C(NCC1CCC(O)CC1)c1cccc(F)c1Cl. The van der Waals surface area contributed by atoms with Gasteiger partial charge in [-0.3, -0.25) is 4.79 Å². The molecule has 1 aliphatic carbocycles. The third-order valence-electron chi connectivity index (χ3n) is 3.56. The van der Waals surface area contributed by atoms with Crippen molar-refractivity contribution in [1.29, 1.82) is 0 Å². The Morgan fingerprint density at radius 2 is 2.05 bits per heavy atom. The van der Waals surface area contributed by atoms with Crippen LogP contribution in [0.1, 0.15) is 36.0 Å². The van der Waals surface area contributed by atoms with Crippen molar-refractivity contribution in [3.8, 4) is 0 Å². The van der Waals surface area contributed by atoms with E-state index in [9.17, 15) is 14.3 Å². The highest BCUT2D eigenvalue weighted by Gasteiger charge is 2.20. The van der Waals surface area contributed by atoms with Crippen LogP contribution in [0.3, 0.4) is 0 Å². The van der Waals surface area contributed by atoms with E-state index in [-0.39, 0.29) is 22.6 Å². The molecule has 1 aromatic rings. The van der Waals surface area contributed by atoms with E-state index < -0.39 is 5.82 Å². The molecule has 5 heteroatoms. The number of halogens is 2. The summed E-state index contributed by atoms with van der Waals surface area (Å²) in [6, 6.07) is 4.19. The third kappa shape index (κ3) is 3.67. The average Bonchev–Trinajstić information content (AvgIpc) is 2.41. The molecule has 0 atom stereocenters. The summed E-state index contributed by atoms with van der Waals surface area (Å²) < 4.78 is 13.2. The van der Waals surface area contributed by atoms with Gasteiger partial charge in [0.25, 0.3) is 5.91 Å². The highest BCUT2D eigenvalue weighted by atomic mass is 35.5. The van der Waals surface area contributed by atoms with Gasteiger partial charge in [0.2, 0.25) is 0 Å². The standard InChI is InChI=1S/C14H17ClFNO2/c15-13-11(2-1-3-12(13)16)14(19)17-8-9-4-6-10(18)7-5-9/h1-3,9-10,18H,4-8H2,(H,17,19). The summed E-state index contributed by atoms with van der Waals surface area (Å²) in [5, 5.41) is 12.0. The summed E-state index contributed by atoms with van der Waals surface area (Å²) >= 11 is 5.76. The molecule has 1 fully saturated rings. The second-order valence-electron chi connectivity index (χ2n) is 4.99. The molecule has 104 valence electrons. The fourth-order valence-corrected chi connectivity index (χ4v) is 2.57. The molecule has 1 saturated carbocycles. The van der Waals surface area contributed by atoms with E-state index in [0.29, 0.717) is 12.5 Å². The zero-order valence-electron chi connectivity index (χ0n) is 10.5. The van der Waals surface area contributed by atoms with E-state index in [1.54, 1.807) is 0 Å². The monoisotopic (exact) mass is 285 g/mol. The summed E-state index contributed by atoms with van der Waals surface area (Å²) in [4.78, 5) is 11.9. The van der Waals surface area contributed by atoms with E-state index in [1.165, 1.54) is 18.2 Å². The molecule has 3 nitrogen and oxygen atoms in total. The second kappa shape index (κ2) is 6.35. The smallest absolute Gasteiger partial charge is 0.252 e. The number of carbonyl (C=O) groups is 1. The van der Waals surface area contributed by atoms with E-state index in [0.717, 1.165) is 25.7 Å². The van der Waals surface area contributed by atoms with Crippen LogP contribution in [0.4, 0.5) is 4.39 Å². The van der Waals surface area contributed by atoms with E-state index in [4.69, 9.17) is 11.6 Å². The number of hydrogen-bond acceptors (Lipinski definition) is 2. The van der Waals surface area contributed by atoms with Crippen LogP contribution in [0.15, 0.2) is 18.2 Å². The Morgan fingerprint density at radius 3 is 2.74 bits per heavy atom. The van der Waals surface area contributed by atoms with Gasteiger partial charge in [-0.05, 0) is 43.7 Å². The number of hydrogen-bond donors (Lipinski definition) is 2. The van der Waals surface area contributed by atoms with Crippen LogP contribution in [-0.2, 0) is 0 Å². The number of aliphatic hydroxyl groups excluding tert-OH is 1. The van der Waals surface area contributed by atoms with E-state index in [2.05, 4.69) is 5.32 Å². The van der Waals surface area contributed by atoms with Crippen molar-refractivity contribution < 1.29 is 14.3 Å². The van der Waals surface area contributed by atoms with Crippen LogP contribution in [0, 0.1) is 11.7 Å². The number of aliphatic hydroxyl groups is 1. The molecule has 1 aromatic carbocycles. The lowest BCUT2D eigenvalue weighted by Crippen LogP contribution is -2.32. The highest BCUT2D eigenvalue weighted by Crippen LogP contribution is 2.24. The summed E-state index contributed by atoms with van der Waals surface area (Å²) in [7, 11) is 0. The van der Waals surface area contributed by atoms with Gasteiger partial charge in [-0.1, -0.05) is 17.7 Å². The van der Waals surface area contributed by atoms with Crippen LogP contribution in [0.25, 0.3) is 0 Å². The Morgan fingerprint density at radius 1 is 1.37 bits per heavy atom. The van der Waals surface area contributed by atoms with E-state index >= 15 is 0 Å². The van der Waals surface area contributed by atoms with Gasteiger partial charge in [0, 0.05) is 6.54 Å². The third-order valence-corrected chi connectivity index (χ3v) is 3.95. The quantitative estimate of drug-likeness (QED) is 0.897. The molecule has 1 aliphatic rings.